The van der Waals surface area contributed by atoms with Crippen LogP contribution < -0.4 is 0 Å². The van der Waals surface area contributed by atoms with E-state index in [1.165, 1.54) is 0 Å². The molecule has 0 fully saturated rings. The molecule has 0 radical (unpaired) electrons. The predicted molar refractivity (Wildman–Crippen MR) is 35.3 cm³/mol. The minimum Gasteiger partial charge on any atom is -0.206 e. The van der Waals surface area contributed by atoms with Crippen LogP contribution in [0.1, 0.15) is 0 Å². The van der Waals surface area contributed by atoms with Gasteiger partial charge in [0.05, 0.1) is 0 Å². The van der Waals surface area contributed by atoms with Crippen LogP contribution in [0.4, 0.5) is 4.39 Å². The number of hydrogen-bond donors (Lipinski definition) is 0. The van der Waals surface area contributed by atoms with Crippen LogP contribution >= 0.6 is 46.4 Å². The van der Waals surface area contributed by atoms with Crippen molar-refractivity contribution >= 4 is 46.4 Å². The van der Waals surface area contributed by atoms with Gasteiger partial charge in [-0.05, 0) is 0 Å². The van der Waals surface area contributed by atoms with E-state index in [-0.39, 0.29) is 0 Å². The van der Waals surface area contributed by atoms with E-state index in [0.717, 1.165) is 0 Å². The molecule has 0 amide bonds. The molecule has 48 valence electrons. The van der Waals surface area contributed by atoms with Gasteiger partial charge in [0, 0.05) is 0 Å². The molecule has 0 rings (SSSR count). The van der Waals surface area contributed by atoms with E-state index in [4.69, 9.17) is 46.4 Å². The van der Waals surface area contributed by atoms with Crippen LogP contribution in [0.25, 0.3) is 0 Å². The molecule has 0 bridgehead atoms. The lowest BCUT2D eigenvalue weighted by atomic mass is 10.7. The molecule has 0 saturated carbocycles. The van der Waals surface area contributed by atoms with E-state index < -0.39 is 15.2 Å². The maximum atomic E-state index is 12.0. The molecule has 0 aromatic rings. The van der Waals surface area contributed by atoms with E-state index in [9.17, 15) is 4.39 Å². The molecule has 0 unspecified atom stereocenters. The zero-order chi connectivity index (χ0) is 6.73. The average molecular weight is 198 g/mol. The summed E-state index contributed by atoms with van der Waals surface area (Å²) in [6.45, 7) is 0. The molecule has 0 aliphatic heterocycles. The Labute approximate surface area is 66.2 Å². The molecule has 8 heavy (non-hydrogen) atoms. The smallest absolute Gasteiger partial charge is 0.163 e. The Hall–Kier alpha value is 0.830. The van der Waals surface area contributed by atoms with Gasteiger partial charge in [-0.3, -0.25) is 0 Å². The van der Waals surface area contributed by atoms with Crippen molar-refractivity contribution in [1.29, 1.82) is 0 Å². The van der Waals surface area contributed by atoms with Crippen molar-refractivity contribution in [3.63, 3.8) is 0 Å². The fraction of sp³-hybridized carbons (Fsp3) is 0.333. The van der Waals surface area contributed by atoms with E-state index in [2.05, 4.69) is 0 Å². The molecule has 0 aromatic heterocycles. The maximum absolute atomic E-state index is 12.0. The molecule has 0 nitrogen and oxygen atoms in total. The first-order valence-corrected chi connectivity index (χ1v) is 3.17. The lowest BCUT2D eigenvalue weighted by molar-refractivity contribution is 0.632. The van der Waals surface area contributed by atoms with Crippen molar-refractivity contribution in [2.45, 2.75) is 4.84 Å². The largest absolute Gasteiger partial charge is 0.206 e. The second-order valence-electron chi connectivity index (χ2n) is 0.909. The van der Waals surface area contributed by atoms with Crippen LogP contribution in [-0.2, 0) is 0 Å². The molecule has 0 heterocycles. The van der Waals surface area contributed by atoms with Crippen LogP contribution in [0.2, 0.25) is 0 Å². The topological polar surface area (TPSA) is 0 Å². The Morgan fingerprint density at radius 3 is 1.62 bits per heavy atom. The first-order valence-electron chi connectivity index (χ1n) is 1.54. The standard InChI is InChI=1S/C3HCl4F/c4-2(5)1(8)3(6)7/h2H. The highest BCUT2D eigenvalue weighted by Crippen LogP contribution is 2.23. The Morgan fingerprint density at radius 2 is 1.62 bits per heavy atom. The predicted octanol–water partition coefficient (Wildman–Crippen LogP) is 3.41. The zero-order valence-electron chi connectivity index (χ0n) is 3.47. The molecule has 5 heteroatoms. The summed E-state index contributed by atoms with van der Waals surface area (Å²) in [5.74, 6) is -0.920. The number of halogens is 5. The number of rotatable bonds is 1. The SMILES string of the molecule is FC(=C(Cl)Cl)C(Cl)Cl. The van der Waals surface area contributed by atoms with Gasteiger partial charge in [0.25, 0.3) is 0 Å². The lowest BCUT2D eigenvalue weighted by Crippen LogP contribution is -1.85. The van der Waals surface area contributed by atoms with Crippen LogP contribution in [0.3, 0.4) is 0 Å². The van der Waals surface area contributed by atoms with Crippen molar-refractivity contribution in [1.82, 2.24) is 0 Å². The van der Waals surface area contributed by atoms with Gasteiger partial charge in [-0.15, -0.1) is 0 Å². The van der Waals surface area contributed by atoms with E-state index in [0.29, 0.717) is 0 Å². The fourth-order valence-corrected chi connectivity index (χ4v) is 0.742. The van der Waals surface area contributed by atoms with Crippen LogP contribution in [0.15, 0.2) is 10.3 Å². The summed E-state index contributed by atoms with van der Waals surface area (Å²) >= 11 is 19.8. The van der Waals surface area contributed by atoms with Crippen molar-refractivity contribution in [2.75, 3.05) is 0 Å². The number of allylic oxidation sites excluding steroid dienone is 1. The van der Waals surface area contributed by atoms with Gasteiger partial charge in [-0.1, -0.05) is 46.4 Å². The quantitative estimate of drug-likeness (QED) is 0.566. The van der Waals surface area contributed by atoms with Crippen molar-refractivity contribution in [3.05, 3.63) is 10.3 Å². The minimum absolute atomic E-state index is 0.528. The summed E-state index contributed by atoms with van der Waals surface area (Å²) in [7, 11) is 0. The van der Waals surface area contributed by atoms with Gasteiger partial charge in [-0.2, -0.15) is 0 Å². The Balaban J connectivity index is 4.00. The normalized spacial score (nSPS) is 9.75. The first kappa shape index (κ1) is 8.83. The second-order valence-corrected chi connectivity index (χ2v) is 2.95. The second kappa shape index (κ2) is 3.78. The minimum atomic E-state index is -1.26. The summed E-state index contributed by atoms with van der Waals surface area (Å²) in [6, 6.07) is 0. The average Bonchev–Trinajstić information content (AvgIpc) is 1.64. The highest BCUT2D eigenvalue weighted by Gasteiger charge is 2.09. The molecule has 0 aromatic carbocycles. The Kier molecular flexibility index (Phi) is 4.17. The van der Waals surface area contributed by atoms with Gasteiger partial charge < -0.3 is 0 Å². The van der Waals surface area contributed by atoms with Gasteiger partial charge in [0.2, 0.25) is 0 Å². The summed E-state index contributed by atoms with van der Waals surface area (Å²) in [4.78, 5) is -1.26. The third-order valence-corrected chi connectivity index (χ3v) is 1.12. The monoisotopic (exact) mass is 196 g/mol. The molecule has 0 N–H and O–H groups in total. The van der Waals surface area contributed by atoms with Crippen molar-refractivity contribution < 1.29 is 4.39 Å². The molecule has 0 atom stereocenters. The van der Waals surface area contributed by atoms with Crippen LogP contribution in [-0.4, -0.2) is 4.84 Å². The highest BCUT2D eigenvalue weighted by molar-refractivity contribution is 6.57. The van der Waals surface area contributed by atoms with E-state index in [1.807, 2.05) is 0 Å². The van der Waals surface area contributed by atoms with Crippen molar-refractivity contribution in [2.24, 2.45) is 0 Å². The van der Waals surface area contributed by atoms with Gasteiger partial charge in [0.1, 0.15) is 4.49 Å². The summed E-state index contributed by atoms with van der Waals surface area (Å²) in [6.07, 6.45) is 0. The summed E-state index contributed by atoms with van der Waals surface area (Å²) in [5.41, 5.74) is 0. The maximum Gasteiger partial charge on any atom is 0.163 e. The fourth-order valence-electron chi connectivity index (χ4n) is 0.0825. The summed E-state index contributed by atoms with van der Waals surface area (Å²) in [5, 5.41) is 0. The zero-order valence-corrected chi connectivity index (χ0v) is 6.49. The summed E-state index contributed by atoms with van der Waals surface area (Å²) < 4.78 is 11.5. The molecule has 0 aliphatic carbocycles. The molecule has 0 saturated heterocycles. The van der Waals surface area contributed by atoms with Gasteiger partial charge in [-0.25, -0.2) is 4.39 Å². The Bertz CT molecular complexity index is 104. The third-order valence-electron chi connectivity index (χ3n) is 0.372. The molecular formula is C3HCl4F. The number of hydrogen-bond acceptors (Lipinski definition) is 0. The third kappa shape index (κ3) is 2.98. The number of alkyl halides is 2. The van der Waals surface area contributed by atoms with Gasteiger partial charge in [0.15, 0.2) is 10.7 Å². The molecule has 0 aliphatic rings. The van der Waals surface area contributed by atoms with Crippen molar-refractivity contribution in [3.8, 4) is 0 Å². The first-order chi connectivity index (χ1) is 3.55. The highest BCUT2D eigenvalue weighted by atomic mass is 35.5. The van der Waals surface area contributed by atoms with Gasteiger partial charge >= 0.3 is 0 Å². The lowest BCUT2D eigenvalue weighted by Gasteiger charge is -1.93. The van der Waals surface area contributed by atoms with E-state index in [1.54, 1.807) is 0 Å². The molecular weight excluding hydrogens is 197 g/mol. The van der Waals surface area contributed by atoms with Crippen LogP contribution in [0.5, 0.6) is 0 Å². The van der Waals surface area contributed by atoms with Crippen LogP contribution in [0, 0.1) is 0 Å². The van der Waals surface area contributed by atoms with E-state index >= 15 is 0 Å². The molecule has 0 spiro atoms. The Morgan fingerprint density at radius 1 is 1.25 bits per heavy atom.